The summed E-state index contributed by atoms with van der Waals surface area (Å²) >= 11 is 0. The number of carbonyl (C=O) groups is 1. The van der Waals surface area contributed by atoms with Gasteiger partial charge in [-0.3, -0.25) is 4.79 Å². The van der Waals surface area contributed by atoms with Crippen LogP contribution in [0.4, 0.5) is 0 Å². The molecule has 1 aromatic rings. The van der Waals surface area contributed by atoms with Crippen molar-refractivity contribution in [2.24, 2.45) is 5.73 Å². The topological polar surface area (TPSA) is 55.1 Å². The second-order valence-corrected chi connectivity index (χ2v) is 5.10. The number of amides is 1. The highest BCUT2D eigenvalue weighted by atomic mass is 16.1. The summed E-state index contributed by atoms with van der Waals surface area (Å²) in [7, 11) is 0. The van der Waals surface area contributed by atoms with Crippen molar-refractivity contribution in [3.63, 3.8) is 0 Å². The van der Waals surface area contributed by atoms with Crippen LogP contribution in [-0.4, -0.2) is 19.0 Å². The third-order valence-corrected chi connectivity index (χ3v) is 3.34. The van der Waals surface area contributed by atoms with Gasteiger partial charge in [0.1, 0.15) is 0 Å². The molecule has 3 N–H and O–H groups in total. The Balaban J connectivity index is 2.63. The average Bonchev–Trinajstić information content (AvgIpc) is 2.43. The molecule has 0 aromatic heterocycles. The molecule has 0 aliphatic heterocycles. The Labute approximate surface area is 115 Å². The summed E-state index contributed by atoms with van der Waals surface area (Å²) in [4.78, 5) is 10.9. The average molecular weight is 258 g/mol. The van der Waals surface area contributed by atoms with E-state index in [2.05, 4.69) is 50.1 Å². The van der Waals surface area contributed by atoms with E-state index in [0.717, 1.165) is 12.0 Å². The van der Waals surface area contributed by atoms with Gasteiger partial charge in [-0.1, -0.05) is 44.7 Å². The highest BCUT2D eigenvalue weighted by Crippen LogP contribution is 2.26. The zero-order chi connectivity index (χ0) is 14.3. The first kappa shape index (κ1) is 15.3. The summed E-state index contributed by atoms with van der Waals surface area (Å²) in [6, 6.07) is 8.27. The van der Waals surface area contributed by atoms with Gasteiger partial charge >= 0.3 is 0 Å². The Morgan fingerprint density at radius 2 is 1.95 bits per heavy atom. The Kier molecular flexibility index (Phi) is 5.59. The first-order valence-corrected chi connectivity index (χ1v) is 6.56. The highest BCUT2D eigenvalue weighted by Gasteiger charge is 2.17. The first-order valence-electron chi connectivity index (χ1n) is 6.56. The molecule has 1 amide bonds. The van der Waals surface area contributed by atoms with Crippen molar-refractivity contribution in [3.05, 3.63) is 35.4 Å². The second-order valence-electron chi connectivity index (χ2n) is 5.10. The van der Waals surface area contributed by atoms with Crippen LogP contribution in [0.15, 0.2) is 24.3 Å². The van der Waals surface area contributed by atoms with Crippen molar-refractivity contribution in [2.75, 3.05) is 13.1 Å². The summed E-state index contributed by atoms with van der Waals surface area (Å²) in [6.07, 6.45) is 1.10. The predicted molar refractivity (Wildman–Crippen MR) is 78.7 cm³/mol. The van der Waals surface area contributed by atoms with Gasteiger partial charge in [0, 0.05) is 5.56 Å². The molecular weight excluding hydrogens is 236 g/mol. The van der Waals surface area contributed by atoms with Crippen LogP contribution in [0.25, 0.3) is 0 Å². The van der Waals surface area contributed by atoms with Gasteiger partial charge < -0.3 is 11.1 Å². The molecular formula is C16H22N2O. The van der Waals surface area contributed by atoms with Crippen LogP contribution in [0.1, 0.15) is 38.3 Å². The minimum atomic E-state index is -0.186. The maximum atomic E-state index is 10.9. The Bertz CT molecular complexity index is 478. The van der Waals surface area contributed by atoms with E-state index in [1.807, 2.05) is 12.1 Å². The lowest BCUT2D eigenvalue weighted by Crippen LogP contribution is -2.30. The Hall–Kier alpha value is -1.79. The van der Waals surface area contributed by atoms with E-state index in [1.165, 1.54) is 5.56 Å². The number of nitrogens with one attached hydrogen (secondary N) is 1. The fourth-order valence-corrected chi connectivity index (χ4v) is 1.57. The van der Waals surface area contributed by atoms with Gasteiger partial charge in [0.25, 0.3) is 0 Å². The molecule has 0 saturated carbocycles. The van der Waals surface area contributed by atoms with Gasteiger partial charge in [-0.05, 0) is 29.5 Å². The molecule has 0 aliphatic carbocycles. The molecule has 0 aliphatic rings. The summed E-state index contributed by atoms with van der Waals surface area (Å²) in [5, 5.41) is 2.61. The minimum absolute atomic E-state index is 0.00246. The van der Waals surface area contributed by atoms with Crippen LogP contribution in [0, 0.1) is 11.8 Å². The van der Waals surface area contributed by atoms with Crippen LogP contribution in [0.3, 0.4) is 0 Å². The largest absolute Gasteiger partial charge is 0.344 e. The van der Waals surface area contributed by atoms with Crippen LogP contribution in [0.2, 0.25) is 0 Å². The fraction of sp³-hybridized carbons (Fsp3) is 0.438. The number of carbonyl (C=O) groups excluding carboxylic acids is 1. The lowest BCUT2D eigenvalue weighted by molar-refractivity contribution is -0.119. The number of hydrogen-bond donors (Lipinski definition) is 2. The van der Waals surface area contributed by atoms with Gasteiger partial charge in [0.2, 0.25) is 5.91 Å². The van der Waals surface area contributed by atoms with Crippen molar-refractivity contribution in [3.8, 4) is 11.8 Å². The fourth-order valence-electron chi connectivity index (χ4n) is 1.57. The molecule has 0 atom stereocenters. The molecule has 102 valence electrons. The monoisotopic (exact) mass is 258 g/mol. The molecule has 0 heterocycles. The quantitative estimate of drug-likeness (QED) is 0.809. The second kappa shape index (κ2) is 6.96. The van der Waals surface area contributed by atoms with E-state index in [4.69, 9.17) is 5.73 Å². The third kappa shape index (κ3) is 4.76. The van der Waals surface area contributed by atoms with Gasteiger partial charge in [-0.15, -0.1) is 0 Å². The van der Waals surface area contributed by atoms with E-state index in [-0.39, 0.29) is 17.9 Å². The highest BCUT2D eigenvalue weighted by molar-refractivity contribution is 5.77. The smallest absolute Gasteiger partial charge is 0.234 e. The van der Waals surface area contributed by atoms with Crippen molar-refractivity contribution in [2.45, 2.75) is 32.6 Å². The Morgan fingerprint density at radius 3 is 2.47 bits per heavy atom. The van der Waals surface area contributed by atoms with E-state index in [0.29, 0.717) is 6.54 Å². The summed E-state index contributed by atoms with van der Waals surface area (Å²) in [6.45, 7) is 6.99. The zero-order valence-electron chi connectivity index (χ0n) is 11.9. The standard InChI is InChI=1S/C16H22N2O/c1-4-16(2,3)14-9-7-13(8-10-14)6-5-11-18-15(19)12-17/h7-10H,4,11-12,17H2,1-3H3,(H,18,19). The zero-order valence-corrected chi connectivity index (χ0v) is 11.9. The lowest BCUT2D eigenvalue weighted by Gasteiger charge is -2.23. The molecule has 3 nitrogen and oxygen atoms in total. The number of hydrogen-bond acceptors (Lipinski definition) is 2. The molecule has 3 heteroatoms. The third-order valence-electron chi connectivity index (χ3n) is 3.34. The summed E-state index contributed by atoms with van der Waals surface area (Å²) in [5.74, 6) is 5.73. The summed E-state index contributed by atoms with van der Waals surface area (Å²) < 4.78 is 0. The molecule has 0 spiro atoms. The van der Waals surface area contributed by atoms with Crippen LogP contribution >= 0.6 is 0 Å². The number of nitrogens with two attached hydrogens (primary N) is 1. The maximum Gasteiger partial charge on any atom is 0.234 e. The van der Waals surface area contributed by atoms with Crippen LogP contribution in [0.5, 0.6) is 0 Å². The number of rotatable bonds is 4. The van der Waals surface area contributed by atoms with Crippen molar-refractivity contribution >= 4 is 5.91 Å². The van der Waals surface area contributed by atoms with Gasteiger partial charge in [0.15, 0.2) is 0 Å². The van der Waals surface area contributed by atoms with E-state index in [1.54, 1.807) is 0 Å². The molecule has 19 heavy (non-hydrogen) atoms. The SMILES string of the molecule is CCC(C)(C)c1ccc(C#CCNC(=O)CN)cc1. The minimum Gasteiger partial charge on any atom is -0.344 e. The van der Waals surface area contributed by atoms with E-state index < -0.39 is 0 Å². The van der Waals surface area contributed by atoms with Gasteiger partial charge in [-0.2, -0.15) is 0 Å². The molecule has 0 fully saturated rings. The predicted octanol–water partition coefficient (Wildman–Crippen LogP) is 1.80. The van der Waals surface area contributed by atoms with Crippen molar-refractivity contribution < 1.29 is 4.79 Å². The van der Waals surface area contributed by atoms with E-state index in [9.17, 15) is 4.79 Å². The van der Waals surface area contributed by atoms with Gasteiger partial charge in [-0.25, -0.2) is 0 Å². The number of benzene rings is 1. The van der Waals surface area contributed by atoms with Crippen LogP contribution < -0.4 is 11.1 Å². The molecule has 0 radical (unpaired) electrons. The molecule has 0 saturated heterocycles. The Morgan fingerprint density at radius 1 is 1.32 bits per heavy atom. The first-order chi connectivity index (χ1) is 8.99. The van der Waals surface area contributed by atoms with Gasteiger partial charge in [0.05, 0.1) is 13.1 Å². The summed E-state index contributed by atoms with van der Waals surface area (Å²) in [5.41, 5.74) is 7.64. The molecule has 0 unspecified atom stereocenters. The molecule has 1 aromatic carbocycles. The molecule has 1 rings (SSSR count). The van der Waals surface area contributed by atoms with E-state index >= 15 is 0 Å². The van der Waals surface area contributed by atoms with Crippen molar-refractivity contribution in [1.29, 1.82) is 0 Å². The van der Waals surface area contributed by atoms with Crippen molar-refractivity contribution in [1.82, 2.24) is 5.32 Å². The maximum absolute atomic E-state index is 10.9. The van der Waals surface area contributed by atoms with Crippen LogP contribution in [-0.2, 0) is 10.2 Å². The normalized spacial score (nSPS) is 10.5. The molecule has 0 bridgehead atoms. The lowest BCUT2D eigenvalue weighted by atomic mass is 9.82.